The maximum Gasteiger partial charge on any atom is 0.331 e. The summed E-state index contributed by atoms with van der Waals surface area (Å²) in [6, 6.07) is -0.957. The Morgan fingerprint density at radius 1 is 1.47 bits per heavy atom. The molecule has 19 heavy (non-hydrogen) atoms. The molecule has 1 aromatic heterocycles. The Morgan fingerprint density at radius 3 is 2.53 bits per heavy atom. The van der Waals surface area contributed by atoms with Gasteiger partial charge >= 0.3 is 5.97 Å². The standard InChI is InChI=1S/C13H21N3O3/c1-5-7-16(9(3)17)12(13(18)19)10-8-15(4)14-11(10)6-2/h8,12H,5-7H2,1-4H3,(H,18,19). The largest absolute Gasteiger partial charge is 0.479 e. The van der Waals surface area contributed by atoms with Crippen LogP contribution in [-0.2, 0) is 23.1 Å². The van der Waals surface area contributed by atoms with Crippen LogP contribution in [0, 0.1) is 0 Å². The Morgan fingerprint density at radius 2 is 2.11 bits per heavy atom. The van der Waals surface area contributed by atoms with Crippen molar-refractivity contribution in [2.45, 2.75) is 39.7 Å². The summed E-state index contributed by atoms with van der Waals surface area (Å²) in [6.45, 7) is 5.65. The van der Waals surface area contributed by atoms with Gasteiger partial charge in [0.05, 0.1) is 5.69 Å². The van der Waals surface area contributed by atoms with E-state index in [0.29, 0.717) is 24.9 Å². The number of rotatable bonds is 6. The van der Waals surface area contributed by atoms with E-state index in [9.17, 15) is 14.7 Å². The van der Waals surface area contributed by atoms with Crippen molar-refractivity contribution < 1.29 is 14.7 Å². The Bertz CT molecular complexity index is 468. The highest BCUT2D eigenvalue weighted by Gasteiger charge is 2.32. The van der Waals surface area contributed by atoms with Gasteiger partial charge in [-0.25, -0.2) is 4.79 Å². The number of aliphatic carboxylic acids is 1. The van der Waals surface area contributed by atoms with Gasteiger partial charge in [-0.15, -0.1) is 0 Å². The van der Waals surface area contributed by atoms with Gasteiger partial charge < -0.3 is 10.0 Å². The summed E-state index contributed by atoms with van der Waals surface area (Å²) < 4.78 is 1.59. The molecule has 0 saturated heterocycles. The van der Waals surface area contributed by atoms with E-state index >= 15 is 0 Å². The molecule has 1 atom stereocenters. The number of nitrogens with zero attached hydrogens (tertiary/aromatic N) is 3. The van der Waals surface area contributed by atoms with Gasteiger partial charge in [0.25, 0.3) is 0 Å². The molecule has 6 heteroatoms. The molecule has 0 aliphatic heterocycles. The molecule has 0 aromatic carbocycles. The number of amides is 1. The molecule has 1 rings (SSSR count). The second-order valence-corrected chi connectivity index (χ2v) is 4.51. The Balaban J connectivity index is 3.25. The minimum atomic E-state index is -1.02. The minimum absolute atomic E-state index is 0.236. The lowest BCUT2D eigenvalue weighted by atomic mass is 10.0. The summed E-state index contributed by atoms with van der Waals surface area (Å²) >= 11 is 0. The molecule has 0 fully saturated rings. The second kappa shape index (κ2) is 6.36. The van der Waals surface area contributed by atoms with Gasteiger partial charge in [-0.05, 0) is 12.8 Å². The van der Waals surface area contributed by atoms with Crippen LogP contribution >= 0.6 is 0 Å². The monoisotopic (exact) mass is 267 g/mol. The lowest BCUT2D eigenvalue weighted by molar-refractivity contribution is -0.149. The highest BCUT2D eigenvalue weighted by molar-refractivity contribution is 5.83. The van der Waals surface area contributed by atoms with Crippen molar-refractivity contribution in [1.82, 2.24) is 14.7 Å². The third kappa shape index (κ3) is 3.33. The van der Waals surface area contributed by atoms with Crippen LogP contribution < -0.4 is 0 Å². The summed E-state index contributed by atoms with van der Waals surface area (Å²) in [6.07, 6.45) is 3.03. The summed E-state index contributed by atoms with van der Waals surface area (Å²) in [5.74, 6) is -1.26. The molecule has 0 saturated carbocycles. The summed E-state index contributed by atoms with van der Waals surface area (Å²) in [7, 11) is 1.75. The summed E-state index contributed by atoms with van der Waals surface area (Å²) in [5.41, 5.74) is 1.32. The third-order valence-corrected chi connectivity index (χ3v) is 2.98. The molecule has 1 aromatic rings. The van der Waals surface area contributed by atoms with Gasteiger partial charge in [-0.1, -0.05) is 13.8 Å². The van der Waals surface area contributed by atoms with Crippen LogP contribution in [0.25, 0.3) is 0 Å². The predicted octanol–water partition coefficient (Wildman–Crippen LogP) is 1.37. The molecular formula is C13H21N3O3. The molecule has 0 aliphatic carbocycles. The molecule has 1 heterocycles. The van der Waals surface area contributed by atoms with Crippen LogP contribution in [0.1, 0.15) is 44.5 Å². The van der Waals surface area contributed by atoms with E-state index in [4.69, 9.17) is 0 Å². The predicted molar refractivity (Wildman–Crippen MR) is 70.6 cm³/mol. The molecule has 6 nitrogen and oxygen atoms in total. The topological polar surface area (TPSA) is 75.4 Å². The average Bonchev–Trinajstić information content (AvgIpc) is 2.69. The van der Waals surface area contributed by atoms with Crippen molar-refractivity contribution in [2.75, 3.05) is 6.54 Å². The van der Waals surface area contributed by atoms with Gasteiger partial charge in [0.15, 0.2) is 6.04 Å². The van der Waals surface area contributed by atoms with E-state index in [1.54, 1.807) is 17.9 Å². The number of hydrogen-bond acceptors (Lipinski definition) is 3. The highest BCUT2D eigenvalue weighted by Crippen LogP contribution is 2.25. The first-order chi connectivity index (χ1) is 8.92. The van der Waals surface area contributed by atoms with Crippen LogP contribution in [0.4, 0.5) is 0 Å². The van der Waals surface area contributed by atoms with Crippen molar-refractivity contribution in [3.63, 3.8) is 0 Å². The number of hydrogen-bond donors (Lipinski definition) is 1. The van der Waals surface area contributed by atoms with E-state index in [2.05, 4.69) is 5.10 Å². The van der Waals surface area contributed by atoms with Gasteiger partial charge in [0.1, 0.15) is 0 Å². The fourth-order valence-corrected chi connectivity index (χ4v) is 2.20. The molecule has 1 N–H and O–H groups in total. The molecule has 0 radical (unpaired) electrons. The van der Waals surface area contributed by atoms with Crippen LogP contribution in [0.5, 0.6) is 0 Å². The zero-order valence-electron chi connectivity index (χ0n) is 11.9. The Hall–Kier alpha value is -1.85. The number of carbonyl (C=O) groups excluding carboxylic acids is 1. The van der Waals surface area contributed by atoms with Crippen LogP contribution in [0.15, 0.2) is 6.20 Å². The van der Waals surface area contributed by atoms with Gasteiger partial charge in [-0.3, -0.25) is 9.48 Å². The molecule has 0 spiro atoms. The number of carboxylic acids is 1. The molecule has 1 unspecified atom stereocenters. The number of carboxylic acid groups (broad SMARTS) is 1. The van der Waals surface area contributed by atoms with Crippen LogP contribution in [0.3, 0.4) is 0 Å². The maximum atomic E-state index is 11.7. The molecular weight excluding hydrogens is 246 g/mol. The highest BCUT2D eigenvalue weighted by atomic mass is 16.4. The Labute approximate surface area is 113 Å². The van der Waals surface area contributed by atoms with Crippen molar-refractivity contribution >= 4 is 11.9 Å². The van der Waals surface area contributed by atoms with E-state index < -0.39 is 12.0 Å². The zero-order chi connectivity index (χ0) is 14.6. The Kier molecular flexibility index (Phi) is 5.09. The fourth-order valence-electron chi connectivity index (χ4n) is 2.20. The first kappa shape index (κ1) is 15.2. The third-order valence-electron chi connectivity index (χ3n) is 2.98. The van der Waals surface area contributed by atoms with E-state index in [-0.39, 0.29) is 5.91 Å². The second-order valence-electron chi connectivity index (χ2n) is 4.51. The number of aromatic nitrogens is 2. The molecule has 1 amide bonds. The van der Waals surface area contributed by atoms with Crippen molar-refractivity contribution in [2.24, 2.45) is 7.05 Å². The number of aryl methyl sites for hydroxylation is 2. The maximum absolute atomic E-state index is 11.7. The quantitative estimate of drug-likeness (QED) is 0.844. The first-order valence-electron chi connectivity index (χ1n) is 6.44. The van der Waals surface area contributed by atoms with Gasteiger partial charge in [0.2, 0.25) is 5.91 Å². The normalized spacial score (nSPS) is 12.2. The minimum Gasteiger partial charge on any atom is -0.479 e. The van der Waals surface area contributed by atoms with Crippen LogP contribution in [-0.4, -0.2) is 38.2 Å². The lowest BCUT2D eigenvalue weighted by Gasteiger charge is -2.27. The van der Waals surface area contributed by atoms with Crippen molar-refractivity contribution in [1.29, 1.82) is 0 Å². The van der Waals surface area contributed by atoms with Gasteiger partial charge in [-0.2, -0.15) is 5.10 Å². The zero-order valence-corrected chi connectivity index (χ0v) is 11.9. The molecule has 106 valence electrons. The average molecular weight is 267 g/mol. The SMILES string of the molecule is CCCN(C(C)=O)C(C(=O)O)c1cn(C)nc1CC. The van der Waals surface area contributed by atoms with E-state index in [0.717, 1.165) is 5.69 Å². The fraction of sp³-hybridized carbons (Fsp3) is 0.615. The van der Waals surface area contributed by atoms with E-state index in [1.807, 2.05) is 13.8 Å². The van der Waals surface area contributed by atoms with Crippen molar-refractivity contribution in [3.05, 3.63) is 17.5 Å². The molecule has 0 aliphatic rings. The van der Waals surface area contributed by atoms with Gasteiger partial charge in [0, 0.05) is 32.3 Å². The first-order valence-corrected chi connectivity index (χ1v) is 6.44. The summed E-state index contributed by atoms with van der Waals surface area (Å²) in [4.78, 5) is 24.6. The van der Waals surface area contributed by atoms with Crippen LogP contribution in [0.2, 0.25) is 0 Å². The smallest absolute Gasteiger partial charge is 0.331 e. The number of carbonyl (C=O) groups is 2. The molecule has 0 bridgehead atoms. The lowest BCUT2D eigenvalue weighted by Crippen LogP contribution is -2.38. The van der Waals surface area contributed by atoms with E-state index in [1.165, 1.54) is 11.8 Å². The summed E-state index contributed by atoms with van der Waals surface area (Å²) in [5, 5.41) is 13.7. The van der Waals surface area contributed by atoms with Crippen molar-refractivity contribution in [3.8, 4) is 0 Å².